The molecule has 15 heavy (non-hydrogen) atoms. The van der Waals surface area contributed by atoms with Gasteiger partial charge in [-0.2, -0.15) is 0 Å². The van der Waals surface area contributed by atoms with Crippen LogP contribution < -0.4 is 5.32 Å². The molecule has 1 aromatic heterocycles. The summed E-state index contributed by atoms with van der Waals surface area (Å²) in [4.78, 5) is 4.29. The number of hydrogen-bond donors (Lipinski definition) is 1. The third kappa shape index (κ3) is 2.92. The Kier molecular flexibility index (Phi) is 3.59. The number of pyridine rings is 1. The number of aryl methyl sites for hydroxylation is 1. The first-order valence-corrected chi connectivity index (χ1v) is 6.02. The summed E-state index contributed by atoms with van der Waals surface area (Å²) in [6, 6.07) is 2.04. The summed E-state index contributed by atoms with van der Waals surface area (Å²) in [5, 5.41) is 3.30. The number of halogens is 1. The molecule has 0 unspecified atom stereocenters. The number of hydrogen-bond acceptors (Lipinski definition) is 3. The Morgan fingerprint density at radius 1 is 1.67 bits per heavy atom. The highest BCUT2D eigenvalue weighted by Crippen LogP contribution is 2.18. The Balaban J connectivity index is 1.90. The lowest BCUT2D eigenvalue weighted by atomic mass is 10.2. The van der Waals surface area contributed by atoms with E-state index in [9.17, 15) is 0 Å². The van der Waals surface area contributed by atoms with Crippen molar-refractivity contribution in [2.24, 2.45) is 0 Å². The maximum Gasteiger partial charge on any atom is 0.126 e. The second kappa shape index (κ2) is 4.94. The molecule has 4 heteroatoms. The average Bonchev–Trinajstić information content (AvgIpc) is 2.73. The fourth-order valence-electron chi connectivity index (χ4n) is 1.66. The molecular formula is C11H15BrN2O. The first-order valence-electron chi connectivity index (χ1n) is 5.23. The highest BCUT2D eigenvalue weighted by molar-refractivity contribution is 9.10. The lowest BCUT2D eigenvalue weighted by molar-refractivity contribution is 0.120. The largest absolute Gasteiger partial charge is 0.376 e. The Morgan fingerprint density at radius 3 is 3.20 bits per heavy atom. The van der Waals surface area contributed by atoms with Crippen molar-refractivity contribution in [1.29, 1.82) is 0 Å². The molecule has 1 fully saturated rings. The average molecular weight is 271 g/mol. The molecule has 0 spiro atoms. The summed E-state index contributed by atoms with van der Waals surface area (Å²) in [6.45, 7) is 3.82. The molecule has 1 atom stereocenters. The second-order valence-corrected chi connectivity index (χ2v) is 4.69. The summed E-state index contributed by atoms with van der Waals surface area (Å²) in [7, 11) is 0. The molecule has 1 N–H and O–H groups in total. The van der Waals surface area contributed by atoms with Crippen molar-refractivity contribution >= 4 is 21.7 Å². The van der Waals surface area contributed by atoms with E-state index in [0.29, 0.717) is 6.10 Å². The molecule has 0 radical (unpaired) electrons. The maximum atomic E-state index is 5.53. The lowest BCUT2D eigenvalue weighted by Gasteiger charge is -2.11. The third-order valence-electron chi connectivity index (χ3n) is 2.58. The van der Waals surface area contributed by atoms with Crippen LogP contribution in [0, 0.1) is 6.92 Å². The summed E-state index contributed by atoms with van der Waals surface area (Å²) >= 11 is 3.43. The van der Waals surface area contributed by atoms with Crippen molar-refractivity contribution < 1.29 is 4.74 Å². The van der Waals surface area contributed by atoms with Gasteiger partial charge < -0.3 is 10.1 Å². The lowest BCUT2D eigenvalue weighted by Crippen LogP contribution is -2.18. The first kappa shape index (κ1) is 10.9. The van der Waals surface area contributed by atoms with Gasteiger partial charge in [-0.05, 0) is 47.3 Å². The normalized spacial score (nSPS) is 20.5. The topological polar surface area (TPSA) is 34.1 Å². The molecule has 1 saturated heterocycles. The van der Waals surface area contributed by atoms with Gasteiger partial charge in [0.25, 0.3) is 0 Å². The van der Waals surface area contributed by atoms with Crippen LogP contribution in [-0.4, -0.2) is 24.2 Å². The van der Waals surface area contributed by atoms with Crippen LogP contribution in [0.4, 0.5) is 5.82 Å². The van der Waals surface area contributed by atoms with Gasteiger partial charge in [-0.15, -0.1) is 0 Å². The zero-order valence-electron chi connectivity index (χ0n) is 8.79. The molecule has 2 heterocycles. The molecule has 0 amide bonds. The molecule has 2 rings (SSSR count). The third-order valence-corrected chi connectivity index (χ3v) is 3.41. The van der Waals surface area contributed by atoms with Crippen molar-refractivity contribution in [1.82, 2.24) is 4.98 Å². The predicted octanol–water partition coefficient (Wildman–Crippen LogP) is 2.74. The van der Waals surface area contributed by atoms with E-state index in [4.69, 9.17) is 4.74 Å². The standard InChI is InChI=1S/C11H15BrN2O/c1-8-5-11(14-7-10(8)12)13-6-9-3-2-4-15-9/h5,7,9H,2-4,6H2,1H3,(H,13,14)/t9-/m1/s1. The van der Waals surface area contributed by atoms with Crippen LogP contribution in [-0.2, 0) is 4.74 Å². The van der Waals surface area contributed by atoms with Crippen LogP contribution in [0.3, 0.4) is 0 Å². The zero-order chi connectivity index (χ0) is 10.7. The van der Waals surface area contributed by atoms with E-state index in [1.54, 1.807) is 0 Å². The van der Waals surface area contributed by atoms with Crippen LogP contribution in [0.15, 0.2) is 16.7 Å². The minimum Gasteiger partial charge on any atom is -0.376 e. The van der Waals surface area contributed by atoms with Crippen LogP contribution >= 0.6 is 15.9 Å². The predicted molar refractivity (Wildman–Crippen MR) is 64.1 cm³/mol. The van der Waals surface area contributed by atoms with Gasteiger partial charge in [-0.3, -0.25) is 0 Å². The molecule has 0 saturated carbocycles. The van der Waals surface area contributed by atoms with Gasteiger partial charge in [0.05, 0.1) is 6.10 Å². The van der Waals surface area contributed by atoms with Gasteiger partial charge in [0.15, 0.2) is 0 Å². The number of nitrogens with one attached hydrogen (secondary N) is 1. The van der Waals surface area contributed by atoms with Gasteiger partial charge in [-0.25, -0.2) is 4.98 Å². The van der Waals surface area contributed by atoms with Gasteiger partial charge >= 0.3 is 0 Å². The summed E-state index contributed by atoms with van der Waals surface area (Å²) in [6.07, 6.45) is 4.52. The number of ether oxygens (including phenoxy) is 1. The SMILES string of the molecule is Cc1cc(NC[C@H]2CCCO2)ncc1Br. The highest BCUT2D eigenvalue weighted by Gasteiger charge is 2.14. The quantitative estimate of drug-likeness (QED) is 0.917. The summed E-state index contributed by atoms with van der Waals surface area (Å²) < 4.78 is 6.58. The highest BCUT2D eigenvalue weighted by atomic mass is 79.9. The molecule has 1 aliphatic heterocycles. The van der Waals surface area contributed by atoms with E-state index in [2.05, 4.69) is 33.2 Å². The molecule has 0 aromatic carbocycles. The van der Waals surface area contributed by atoms with Crippen LogP contribution in [0.25, 0.3) is 0 Å². The van der Waals surface area contributed by atoms with E-state index >= 15 is 0 Å². The fraction of sp³-hybridized carbons (Fsp3) is 0.545. The minimum absolute atomic E-state index is 0.357. The second-order valence-electron chi connectivity index (χ2n) is 3.83. The van der Waals surface area contributed by atoms with Crippen LogP contribution in [0.1, 0.15) is 18.4 Å². The number of rotatable bonds is 3. The van der Waals surface area contributed by atoms with Gasteiger partial charge in [0.1, 0.15) is 5.82 Å². The molecule has 1 aromatic rings. The Bertz CT molecular complexity index is 337. The molecular weight excluding hydrogens is 256 g/mol. The number of aromatic nitrogens is 1. The fourth-order valence-corrected chi connectivity index (χ4v) is 1.88. The van der Waals surface area contributed by atoms with E-state index in [1.165, 1.54) is 12.0 Å². The molecule has 0 bridgehead atoms. The van der Waals surface area contributed by atoms with Gasteiger partial charge in [-0.1, -0.05) is 0 Å². The van der Waals surface area contributed by atoms with Gasteiger partial charge in [0, 0.05) is 23.8 Å². The Hall–Kier alpha value is -0.610. The molecule has 82 valence electrons. The Labute approximate surface area is 98.4 Å². The van der Waals surface area contributed by atoms with Crippen LogP contribution in [0.5, 0.6) is 0 Å². The maximum absolute atomic E-state index is 5.53. The van der Waals surface area contributed by atoms with E-state index in [0.717, 1.165) is 29.9 Å². The van der Waals surface area contributed by atoms with Crippen molar-refractivity contribution in [3.05, 3.63) is 22.3 Å². The smallest absolute Gasteiger partial charge is 0.126 e. The summed E-state index contributed by atoms with van der Waals surface area (Å²) in [5.74, 6) is 0.922. The molecule has 0 aliphatic carbocycles. The number of anilines is 1. The first-order chi connectivity index (χ1) is 7.25. The minimum atomic E-state index is 0.357. The monoisotopic (exact) mass is 270 g/mol. The number of nitrogens with zero attached hydrogens (tertiary/aromatic N) is 1. The Morgan fingerprint density at radius 2 is 2.53 bits per heavy atom. The van der Waals surface area contributed by atoms with Crippen LogP contribution in [0.2, 0.25) is 0 Å². The van der Waals surface area contributed by atoms with Crippen molar-refractivity contribution in [2.45, 2.75) is 25.9 Å². The van der Waals surface area contributed by atoms with E-state index in [-0.39, 0.29) is 0 Å². The molecule has 1 aliphatic rings. The van der Waals surface area contributed by atoms with E-state index in [1.807, 2.05) is 12.3 Å². The molecule has 3 nitrogen and oxygen atoms in total. The van der Waals surface area contributed by atoms with Crippen molar-refractivity contribution in [3.8, 4) is 0 Å². The van der Waals surface area contributed by atoms with Crippen molar-refractivity contribution in [2.75, 3.05) is 18.5 Å². The van der Waals surface area contributed by atoms with Crippen molar-refractivity contribution in [3.63, 3.8) is 0 Å². The van der Waals surface area contributed by atoms with E-state index < -0.39 is 0 Å². The van der Waals surface area contributed by atoms with Gasteiger partial charge in [0.2, 0.25) is 0 Å². The zero-order valence-corrected chi connectivity index (χ0v) is 10.4. The summed E-state index contributed by atoms with van der Waals surface area (Å²) in [5.41, 5.74) is 1.19.